The highest BCUT2D eigenvalue weighted by molar-refractivity contribution is 5.79. The van der Waals surface area contributed by atoms with Gasteiger partial charge in [-0.3, -0.25) is 5.43 Å². The Morgan fingerprint density at radius 2 is 2.15 bits per heavy atom. The van der Waals surface area contributed by atoms with Crippen LogP contribution >= 0.6 is 0 Å². The second-order valence-corrected chi connectivity index (χ2v) is 4.16. The van der Waals surface area contributed by atoms with Gasteiger partial charge >= 0.3 is 0 Å². The molecular formula is C13H11FN6. The van der Waals surface area contributed by atoms with Gasteiger partial charge in [0, 0.05) is 0 Å². The lowest BCUT2D eigenvalue weighted by molar-refractivity contribution is 0.627. The molecule has 0 spiro atoms. The molecule has 0 saturated heterocycles. The van der Waals surface area contributed by atoms with E-state index in [4.69, 9.17) is 0 Å². The molecule has 3 rings (SSSR count). The number of rotatable bonds is 3. The zero-order chi connectivity index (χ0) is 13.9. The van der Waals surface area contributed by atoms with Gasteiger partial charge in [-0.2, -0.15) is 9.62 Å². The van der Waals surface area contributed by atoms with E-state index in [9.17, 15) is 4.39 Å². The lowest BCUT2D eigenvalue weighted by Crippen LogP contribution is -2.00. The highest BCUT2D eigenvalue weighted by atomic mass is 19.1. The van der Waals surface area contributed by atoms with Crippen LogP contribution in [0.1, 0.15) is 11.4 Å². The van der Waals surface area contributed by atoms with E-state index in [1.807, 2.05) is 6.92 Å². The van der Waals surface area contributed by atoms with Crippen LogP contribution in [-0.4, -0.2) is 26.0 Å². The first-order chi connectivity index (χ1) is 9.72. The molecule has 0 aliphatic carbocycles. The van der Waals surface area contributed by atoms with Crippen LogP contribution < -0.4 is 5.43 Å². The number of fused-ring (bicyclic) bond motifs is 1. The Labute approximate surface area is 114 Å². The summed E-state index contributed by atoms with van der Waals surface area (Å²) in [4.78, 5) is 0. The third-order valence-corrected chi connectivity index (χ3v) is 2.66. The van der Waals surface area contributed by atoms with Crippen molar-refractivity contribution >= 4 is 17.7 Å². The summed E-state index contributed by atoms with van der Waals surface area (Å²) in [5, 5.41) is 16.1. The van der Waals surface area contributed by atoms with Crippen LogP contribution in [0, 0.1) is 12.7 Å². The molecule has 0 aliphatic rings. The molecule has 1 aromatic carbocycles. The number of nitrogens with one attached hydrogen (secondary N) is 1. The van der Waals surface area contributed by atoms with E-state index in [1.165, 1.54) is 18.3 Å². The molecule has 2 aromatic heterocycles. The fourth-order valence-corrected chi connectivity index (χ4v) is 1.72. The van der Waals surface area contributed by atoms with Crippen LogP contribution in [0.15, 0.2) is 41.5 Å². The number of benzene rings is 1. The fraction of sp³-hybridized carbons (Fsp3) is 0.0769. The van der Waals surface area contributed by atoms with E-state index >= 15 is 0 Å². The van der Waals surface area contributed by atoms with Crippen molar-refractivity contribution in [3.05, 3.63) is 53.6 Å². The third-order valence-electron chi connectivity index (χ3n) is 2.66. The largest absolute Gasteiger partial charge is 0.260 e. The first-order valence-electron chi connectivity index (χ1n) is 5.96. The summed E-state index contributed by atoms with van der Waals surface area (Å²) in [7, 11) is 0. The molecule has 0 aliphatic heterocycles. The number of aryl methyl sites for hydroxylation is 1. The van der Waals surface area contributed by atoms with Crippen molar-refractivity contribution in [1.82, 2.24) is 19.8 Å². The number of aromatic nitrogens is 4. The number of hydrogen-bond acceptors (Lipinski definition) is 5. The molecular weight excluding hydrogens is 259 g/mol. The van der Waals surface area contributed by atoms with E-state index in [2.05, 4.69) is 25.8 Å². The molecule has 0 atom stereocenters. The normalized spacial score (nSPS) is 11.3. The molecule has 0 amide bonds. The van der Waals surface area contributed by atoms with Crippen LogP contribution in [-0.2, 0) is 0 Å². The highest BCUT2D eigenvalue weighted by Gasteiger charge is 2.02. The maximum atomic E-state index is 13.0. The van der Waals surface area contributed by atoms with Gasteiger partial charge in [-0.05, 0) is 36.8 Å². The molecule has 0 unspecified atom stereocenters. The van der Waals surface area contributed by atoms with E-state index in [-0.39, 0.29) is 5.82 Å². The topological polar surface area (TPSA) is 67.5 Å². The zero-order valence-corrected chi connectivity index (χ0v) is 10.7. The predicted octanol–water partition coefficient (Wildman–Crippen LogP) is 2.02. The summed E-state index contributed by atoms with van der Waals surface area (Å²) in [6.07, 6.45) is 1.52. The Bertz CT molecular complexity index is 779. The maximum absolute atomic E-state index is 13.0. The maximum Gasteiger partial charge on any atom is 0.178 e. The molecule has 20 heavy (non-hydrogen) atoms. The van der Waals surface area contributed by atoms with E-state index in [1.54, 1.807) is 28.8 Å². The minimum Gasteiger partial charge on any atom is -0.260 e. The van der Waals surface area contributed by atoms with Gasteiger partial charge in [-0.1, -0.05) is 12.1 Å². The van der Waals surface area contributed by atoms with Gasteiger partial charge in [0.1, 0.15) is 5.82 Å². The van der Waals surface area contributed by atoms with Crippen molar-refractivity contribution in [3.63, 3.8) is 0 Å². The van der Waals surface area contributed by atoms with Gasteiger partial charge in [0.05, 0.1) is 6.21 Å². The molecule has 0 saturated carbocycles. The SMILES string of the molecule is Cc1nnc2ccc(N/N=C/c3cccc(F)c3)nn12. The number of halogens is 1. The number of anilines is 1. The van der Waals surface area contributed by atoms with Gasteiger partial charge in [0.25, 0.3) is 0 Å². The standard InChI is InChI=1S/C13H11FN6/c1-9-16-18-13-6-5-12(19-20(9)13)17-15-8-10-3-2-4-11(14)7-10/h2-8H,1H3,(H,17,19)/b15-8+. The Hall–Kier alpha value is -2.83. The summed E-state index contributed by atoms with van der Waals surface area (Å²) in [6, 6.07) is 9.69. The first kappa shape index (κ1) is 12.2. The Balaban J connectivity index is 1.78. The summed E-state index contributed by atoms with van der Waals surface area (Å²) < 4.78 is 14.6. The third kappa shape index (κ3) is 2.46. The Morgan fingerprint density at radius 1 is 1.25 bits per heavy atom. The first-order valence-corrected chi connectivity index (χ1v) is 5.96. The highest BCUT2D eigenvalue weighted by Crippen LogP contribution is 2.06. The molecule has 6 nitrogen and oxygen atoms in total. The van der Waals surface area contributed by atoms with E-state index in [0.29, 0.717) is 22.9 Å². The molecule has 0 radical (unpaired) electrons. The molecule has 100 valence electrons. The zero-order valence-electron chi connectivity index (χ0n) is 10.7. The molecule has 2 heterocycles. The van der Waals surface area contributed by atoms with Crippen LogP contribution in [0.4, 0.5) is 10.2 Å². The lowest BCUT2D eigenvalue weighted by Gasteiger charge is -2.00. The van der Waals surface area contributed by atoms with Gasteiger partial charge < -0.3 is 0 Å². The van der Waals surface area contributed by atoms with Crippen molar-refractivity contribution in [2.75, 3.05) is 5.43 Å². The van der Waals surface area contributed by atoms with Crippen molar-refractivity contribution in [1.29, 1.82) is 0 Å². The van der Waals surface area contributed by atoms with E-state index < -0.39 is 0 Å². The van der Waals surface area contributed by atoms with Crippen molar-refractivity contribution in [2.45, 2.75) is 6.92 Å². The van der Waals surface area contributed by atoms with Crippen molar-refractivity contribution < 1.29 is 4.39 Å². The smallest absolute Gasteiger partial charge is 0.178 e. The quantitative estimate of drug-likeness (QED) is 0.584. The molecule has 1 N–H and O–H groups in total. The summed E-state index contributed by atoms with van der Waals surface area (Å²) in [6.45, 7) is 1.81. The number of hydrazone groups is 1. The van der Waals surface area contributed by atoms with Crippen LogP contribution in [0.2, 0.25) is 0 Å². The number of hydrogen-bond donors (Lipinski definition) is 1. The second-order valence-electron chi connectivity index (χ2n) is 4.16. The molecule has 7 heteroatoms. The number of nitrogens with zero attached hydrogens (tertiary/aromatic N) is 5. The Kier molecular flexibility index (Phi) is 3.08. The van der Waals surface area contributed by atoms with Gasteiger partial charge in [-0.25, -0.2) is 4.39 Å². The second kappa shape index (κ2) is 5.04. The van der Waals surface area contributed by atoms with Crippen LogP contribution in [0.25, 0.3) is 5.65 Å². The minimum atomic E-state index is -0.298. The van der Waals surface area contributed by atoms with Crippen LogP contribution in [0.3, 0.4) is 0 Å². The lowest BCUT2D eigenvalue weighted by atomic mass is 10.2. The average Bonchev–Trinajstić information content (AvgIpc) is 2.80. The average molecular weight is 270 g/mol. The molecule has 0 bridgehead atoms. The summed E-state index contributed by atoms with van der Waals surface area (Å²) >= 11 is 0. The molecule has 0 fully saturated rings. The summed E-state index contributed by atoms with van der Waals surface area (Å²) in [5.74, 6) is 0.944. The van der Waals surface area contributed by atoms with E-state index in [0.717, 1.165) is 0 Å². The predicted molar refractivity (Wildman–Crippen MR) is 73.1 cm³/mol. The Morgan fingerprint density at radius 3 is 3.00 bits per heavy atom. The summed E-state index contributed by atoms with van der Waals surface area (Å²) in [5.41, 5.74) is 4.12. The monoisotopic (exact) mass is 270 g/mol. The van der Waals surface area contributed by atoms with Gasteiger partial charge in [-0.15, -0.1) is 15.3 Å². The fourth-order valence-electron chi connectivity index (χ4n) is 1.72. The molecule has 3 aromatic rings. The van der Waals surface area contributed by atoms with Gasteiger partial charge in [0.2, 0.25) is 0 Å². The van der Waals surface area contributed by atoms with Crippen LogP contribution in [0.5, 0.6) is 0 Å². The van der Waals surface area contributed by atoms with Crippen molar-refractivity contribution in [3.8, 4) is 0 Å². The minimum absolute atomic E-state index is 0.298. The van der Waals surface area contributed by atoms with Gasteiger partial charge in [0.15, 0.2) is 17.3 Å². The van der Waals surface area contributed by atoms with Crippen molar-refractivity contribution in [2.24, 2.45) is 5.10 Å².